The third-order valence-corrected chi connectivity index (χ3v) is 7.34. The van der Waals surface area contributed by atoms with Gasteiger partial charge in [-0.25, -0.2) is 18.1 Å². The summed E-state index contributed by atoms with van der Waals surface area (Å²) in [5.74, 6) is -0.228. The van der Waals surface area contributed by atoms with Crippen molar-refractivity contribution in [1.82, 2.24) is 15.0 Å². The SMILES string of the molecule is CCC(C)NS(=O)(=O)c1ccc(C(=O)NCCc2ccc(-c3csc(C)n3)cc2)cc1. The number of benzene rings is 2. The van der Waals surface area contributed by atoms with E-state index >= 15 is 0 Å². The fraction of sp³-hybridized carbons (Fsp3) is 0.304. The lowest BCUT2D eigenvalue weighted by Crippen LogP contribution is -2.32. The standard InChI is InChI=1S/C23H27N3O3S2/c1-4-16(2)26-31(28,29)21-11-9-20(10-12-21)23(27)24-14-13-18-5-7-19(8-6-18)22-15-30-17(3)25-22/h5-12,15-16,26H,4,13-14H2,1-3H3,(H,24,27). The molecule has 0 aliphatic carbocycles. The maximum absolute atomic E-state index is 12.4. The van der Waals surface area contributed by atoms with Gasteiger partial charge in [0.1, 0.15) is 0 Å². The zero-order valence-electron chi connectivity index (χ0n) is 17.9. The lowest BCUT2D eigenvalue weighted by Gasteiger charge is -2.12. The second kappa shape index (κ2) is 10.2. The molecule has 1 amide bonds. The molecule has 1 unspecified atom stereocenters. The number of nitrogens with zero attached hydrogens (tertiary/aromatic N) is 1. The summed E-state index contributed by atoms with van der Waals surface area (Å²) in [6, 6.07) is 14.0. The number of carbonyl (C=O) groups excluding carboxylic acids is 1. The zero-order valence-corrected chi connectivity index (χ0v) is 19.5. The van der Waals surface area contributed by atoms with Crippen molar-refractivity contribution < 1.29 is 13.2 Å². The molecule has 0 fully saturated rings. The van der Waals surface area contributed by atoms with E-state index in [0.717, 1.165) is 21.8 Å². The summed E-state index contributed by atoms with van der Waals surface area (Å²) in [6.45, 7) is 6.20. The number of sulfonamides is 1. The Balaban J connectivity index is 1.53. The summed E-state index contributed by atoms with van der Waals surface area (Å²) in [5, 5.41) is 5.97. The van der Waals surface area contributed by atoms with Gasteiger partial charge < -0.3 is 5.32 Å². The summed E-state index contributed by atoms with van der Waals surface area (Å²) in [7, 11) is -3.57. The van der Waals surface area contributed by atoms with E-state index in [1.807, 2.05) is 50.4 Å². The molecule has 31 heavy (non-hydrogen) atoms. The van der Waals surface area contributed by atoms with Crippen LogP contribution in [0.2, 0.25) is 0 Å². The van der Waals surface area contributed by atoms with Crippen molar-refractivity contribution in [1.29, 1.82) is 0 Å². The maximum Gasteiger partial charge on any atom is 0.251 e. The first-order valence-electron chi connectivity index (χ1n) is 10.2. The molecule has 0 saturated carbocycles. The molecule has 164 valence electrons. The first kappa shape index (κ1) is 23.1. The Morgan fingerprint density at radius 3 is 2.35 bits per heavy atom. The molecule has 1 atom stereocenters. The van der Waals surface area contributed by atoms with Gasteiger partial charge >= 0.3 is 0 Å². The minimum Gasteiger partial charge on any atom is -0.352 e. The molecule has 8 heteroatoms. The van der Waals surface area contributed by atoms with E-state index in [9.17, 15) is 13.2 Å². The van der Waals surface area contributed by atoms with E-state index < -0.39 is 10.0 Å². The normalized spacial score (nSPS) is 12.5. The van der Waals surface area contributed by atoms with Crippen LogP contribution >= 0.6 is 11.3 Å². The molecular formula is C23H27N3O3S2. The molecule has 1 aromatic heterocycles. The Morgan fingerprint density at radius 1 is 1.10 bits per heavy atom. The number of amides is 1. The van der Waals surface area contributed by atoms with Crippen LogP contribution in [-0.4, -0.2) is 31.9 Å². The average Bonchev–Trinajstić information content (AvgIpc) is 3.20. The molecule has 2 aromatic carbocycles. The van der Waals surface area contributed by atoms with Crippen LogP contribution < -0.4 is 10.0 Å². The first-order chi connectivity index (χ1) is 14.8. The van der Waals surface area contributed by atoms with Crippen LogP contribution in [0.4, 0.5) is 0 Å². The van der Waals surface area contributed by atoms with Crippen LogP contribution in [0.1, 0.15) is 41.2 Å². The highest BCUT2D eigenvalue weighted by atomic mass is 32.2. The summed E-state index contributed by atoms with van der Waals surface area (Å²) in [5.41, 5.74) is 3.60. The van der Waals surface area contributed by atoms with Crippen LogP contribution in [0, 0.1) is 6.92 Å². The molecular weight excluding hydrogens is 430 g/mol. The minimum atomic E-state index is -3.57. The van der Waals surface area contributed by atoms with E-state index in [-0.39, 0.29) is 16.8 Å². The molecule has 6 nitrogen and oxygen atoms in total. The van der Waals surface area contributed by atoms with Crippen LogP contribution in [0.5, 0.6) is 0 Å². The van der Waals surface area contributed by atoms with Crippen molar-refractivity contribution in [3.63, 3.8) is 0 Å². The van der Waals surface area contributed by atoms with Gasteiger partial charge in [-0.05, 0) is 56.5 Å². The van der Waals surface area contributed by atoms with Crippen molar-refractivity contribution in [2.24, 2.45) is 0 Å². The van der Waals surface area contributed by atoms with Crippen molar-refractivity contribution in [3.05, 3.63) is 70.0 Å². The third-order valence-electron chi connectivity index (χ3n) is 4.96. The fourth-order valence-electron chi connectivity index (χ4n) is 2.96. The quantitative estimate of drug-likeness (QED) is 0.505. The molecule has 0 aliphatic heterocycles. The molecule has 2 N–H and O–H groups in total. The lowest BCUT2D eigenvalue weighted by molar-refractivity contribution is 0.0954. The smallest absolute Gasteiger partial charge is 0.251 e. The van der Waals surface area contributed by atoms with Crippen molar-refractivity contribution >= 4 is 27.3 Å². The van der Waals surface area contributed by atoms with Crippen LogP contribution in [0.15, 0.2) is 58.8 Å². The largest absolute Gasteiger partial charge is 0.352 e. The van der Waals surface area contributed by atoms with Gasteiger partial charge in [0.15, 0.2) is 0 Å². The predicted octanol–water partition coefficient (Wildman–Crippen LogP) is 4.17. The van der Waals surface area contributed by atoms with Gasteiger partial charge in [0.05, 0.1) is 15.6 Å². The molecule has 3 rings (SSSR count). The van der Waals surface area contributed by atoms with Crippen molar-refractivity contribution in [2.45, 2.75) is 44.6 Å². The fourth-order valence-corrected chi connectivity index (χ4v) is 4.91. The van der Waals surface area contributed by atoms with Crippen molar-refractivity contribution in [3.8, 4) is 11.3 Å². The highest BCUT2D eigenvalue weighted by Gasteiger charge is 2.17. The van der Waals surface area contributed by atoms with Crippen LogP contribution in [-0.2, 0) is 16.4 Å². The summed E-state index contributed by atoms with van der Waals surface area (Å²) >= 11 is 1.63. The lowest BCUT2D eigenvalue weighted by atomic mass is 10.1. The second-order valence-electron chi connectivity index (χ2n) is 7.41. The molecule has 0 saturated heterocycles. The van der Waals surface area contributed by atoms with Gasteiger partial charge in [-0.3, -0.25) is 4.79 Å². The average molecular weight is 458 g/mol. The number of thiazole rings is 1. The molecule has 1 heterocycles. The molecule has 0 spiro atoms. The molecule has 0 radical (unpaired) electrons. The number of aryl methyl sites for hydroxylation is 1. The highest BCUT2D eigenvalue weighted by molar-refractivity contribution is 7.89. The monoisotopic (exact) mass is 457 g/mol. The number of rotatable bonds is 9. The van der Waals surface area contributed by atoms with E-state index in [4.69, 9.17) is 0 Å². The molecule has 3 aromatic rings. The number of aromatic nitrogens is 1. The Morgan fingerprint density at radius 2 is 1.77 bits per heavy atom. The number of hydrogen-bond acceptors (Lipinski definition) is 5. The summed E-state index contributed by atoms with van der Waals surface area (Å²) < 4.78 is 27.2. The molecule has 0 bridgehead atoms. The van der Waals surface area contributed by atoms with E-state index in [1.54, 1.807) is 11.3 Å². The van der Waals surface area contributed by atoms with Gasteiger partial charge in [0.2, 0.25) is 10.0 Å². The van der Waals surface area contributed by atoms with E-state index in [2.05, 4.69) is 15.0 Å². The predicted molar refractivity (Wildman–Crippen MR) is 125 cm³/mol. The summed E-state index contributed by atoms with van der Waals surface area (Å²) in [4.78, 5) is 17.0. The third kappa shape index (κ3) is 6.22. The van der Waals surface area contributed by atoms with Gasteiger partial charge in [-0.2, -0.15) is 0 Å². The van der Waals surface area contributed by atoms with Crippen LogP contribution in [0.3, 0.4) is 0 Å². The Bertz CT molecular complexity index is 1120. The highest BCUT2D eigenvalue weighted by Crippen LogP contribution is 2.21. The zero-order chi connectivity index (χ0) is 22.4. The van der Waals surface area contributed by atoms with Crippen molar-refractivity contribution in [2.75, 3.05) is 6.54 Å². The Labute approximate surface area is 187 Å². The topological polar surface area (TPSA) is 88.2 Å². The number of carbonyl (C=O) groups is 1. The first-order valence-corrected chi connectivity index (χ1v) is 12.6. The number of hydrogen-bond donors (Lipinski definition) is 2. The van der Waals surface area contributed by atoms with Gasteiger partial charge in [-0.1, -0.05) is 31.2 Å². The van der Waals surface area contributed by atoms with E-state index in [0.29, 0.717) is 24.9 Å². The maximum atomic E-state index is 12.4. The second-order valence-corrected chi connectivity index (χ2v) is 10.2. The van der Waals surface area contributed by atoms with Crippen LogP contribution in [0.25, 0.3) is 11.3 Å². The van der Waals surface area contributed by atoms with Gasteiger partial charge in [0, 0.05) is 29.1 Å². The Hall–Kier alpha value is -2.55. The van der Waals surface area contributed by atoms with Gasteiger partial charge in [0.25, 0.3) is 5.91 Å². The Kier molecular flexibility index (Phi) is 7.59. The van der Waals surface area contributed by atoms with Gasteiger partial charge in [-0.15, -0.1) is 11.3 Å². The van der Waals surface area contributed by atoms with E-state index in [1.165, 1.54) is 24.3 Å². The molecule has 0 aliphatic rings. The minimum absolute atomic E-state index is 0.146. The summed E-state index contributed by atoms with van der Waals surface area (Å²) in [6.07, 6.45) is 1.40. The number of nitrogens with one attached hydrogen (secondary N) is 2.